The summed E-state index contributed by atoms with van der Waals surface area (Å²) in [4.78, 5) is 4.32. The van der Waals surface area contributed by atoms with Crippen molar-refractivity contribution in [1.82, 2.24) is 10.3 Å². The van der Waals surface area contributed by atoms with E-state index in [2.05, 4.69) is 16.6 Å². The van der Waals surface area contributed by atoms with Crippen molar-refractivity contribution >= 4 is 11.8 Å². The molecule has 0 amide bonds. The molecule has 0 saturated heterocycles. The summed E-state index contributed by atoms with van der Waals surface area (Å²) in [6.07, 6.45) is 7.27. The molecule has 0 spiro atoms. The first-order chi connectivity index (χ1) is 8.74. The molecule has 1 aromatic rings. The highest BCUT2D eigenvalue weighted by atomic mass is 32.2. The van der Waals surface area contributed by atoms with Gasteiger partial charge in [0.1, 0.15) is 5.75 Å². The number of unbranched alkanes of at least 4 members (excludes halogenated alkanes) is 3. The van der Waals surface area contributed by atoms with Gasteiger partial charge >= 0.3 is 0 Å². The minimum absolute atomic E-state index is 0.285. The van der Waals surface area contributed by atoms with E-state index in [0.29, 0.717) is 6.54 Å². The maximum absolute atomic E-state index is 9.63. The van der Waals surface area contributed by atoms with Gasteiger partial charge in [-0.05, 0) is 50.5 Å². The summed E-state index contributed by atoms with van der Waals surface area (Å²) in [5.74, 6) is 1.56. The topological polar surface area (TPSA) is 45.2 Å². The van der Waals surface area contributed by atoms with Crippen LogP contribution in [-0.2, 0) is 6.54 Å². The number of hydrogen-bond donors (Lipinski definition) is 2. The Bertz CT molecular complexity index is 345. The summed E-state index contributed by atoms with van der Waals surface area (Å²) < 4.78 is 0. The monoisotopic (exact) mass is 268 g/mol. The van der Waals surface area contributed by atoms with E-state index < -0.39 is 0 Å². The first-order valence-electron chi connectivity index (χ1n) is 6.59. The van der Waals surface area contributed by atoms with Gasteiger partial charge in [-0.15, -0.1) is 0 Å². The lowest BCUT2D eigenvalue weighted by Gasteiger charge is -2.07. The molecule has 0 radical (unpaired) electrons. The molecule has 0 unspecified atom stereocenters. The second-order valence-electron chi connectivity index (χ2n) is 4.50. The summed E-state index contributed by atoms with van der Waals surface area (Å²) in [7, 11) is 0. The van der Waals surface area contributed by atoms with E-state index in [9.17, 15) is 5.11 Å². The number of aromatic nitrogens is 1. The van der Waals surface area contributed by atoms with Gasteiger partial charge in [0.15, 0.2) is 0 Å². The summed E-state index contributed by atoms with van der Waals surface area (Å²) in [6.45, 7) is 3.58. The van der Waals surface area contributed by atoms with Crippen LogP contribution in [0.2, 0.25) is 0 Å². The molecule has 1 rings (SSSR count). The van der Waals surface area contributed by atoms with Crippen LogP contribution in [0, 0.1) is 6.92 Å². The van der Waals surface area contributed by atoms with Crippen LogP contribution >= 0.6 is 11.8 Å². The van der Waals surface area contributed by atoms with Gasteiger partial charge < -0.3 is 10.4 Å². The van der Waals surface area contributed by atoms with Crippen LogP contribution in [0.5, 0.6) is 5.75 Å². The second-order valence-corrected chi connectivity index (χ2v) is 5.49. The van der Waals surface area contributed by atoms with Crippen molar-refractivity contribution in [2.24, 2.45) is 0 Å². The van der Waals surface area contributed by atoms with Crippen molar-refractivity contribution in [3.63, 3.8) is 0 Å². The Morgan fingerprint density at radius 1 is 1.22 bits per heavy atom. The van der Waals surface area contributed by atoms with Crippen LogP contribution in [0.15, 0.2) is 12.1 Å². The number of nitrogens with zero attached hydrogens (tertiary/aromatic N) is 1. The Morgan fingerprint density at radius 2 is 2.00 bits per heavy atom. The van der Waals surface area contributed by atoms with Crippen molar-refractivity contribution in [1.29, 1.82) is 0 Å². The predicted molar refractivity (Wildman–Crippen MR) is 79.2 cm³/mol. The minimum atomic E-state index is 0.285. The van der Waals surface area contributed by atoms with Crippen molar-refractivity contribution in [2.45, 2.75) is 39.2 Å². The lowest BCUT2D eigenvalue weighted by molar-refractivity contribution is 0.458. The molecule has 0 aliphatic rings. The summed E-state index contributed by atoms with van der Waals surface area (Å²) in [5, 5.41) is 13.0. The van der Waals surface area contributed by atoms with Crippen molar-refractivity contribution < 1.29 is 5.11 Å². The average molecular weight is 268 g/mol. The third kappa shape index (κ3) is 6.26. The van der Waals surface area contributed by atoms with E-state index in [1.807, 2.05) is 24.8 Å². The molecule has 4 heteroatoms. The van der Waals surface area contributed by atoms with Crippen LogP contribution in [0.3, 0.4) is 0 Å². The van der Waals surface area contributed by atoms with Crippen LogP contribution in [-0.4, -0.2) is 28.6 Å². The molecule has 0 aromatic carbocycles. The molecule has 0 saturated carbocycles. The Hall–Kier alpha value is -0.740. The first-order valence-corrected chi connectivity index (χ1v) is 7.98. The van der Waals surface area contributed by atoms with Gasteiger partial charge in [-0.1, -0.05) is 12.8 Å². The smallest absolute Gasteiger partial charge is 0.138 e. The predicted octanol–water partition coefficient (Wildman–Crippen LogP) is 3.11. The Morgan fingerprint density at radius 3 is 2.78 bits per heavy atom. The molecule has 0 aliphatic carbocycles. The molecule has 0 aliphatic heterocycles. The van der Waals surface area contributed by atoms with Gasteiger partial charge in [0, 0.05) is 12.2 Å². The molecule has 3 nitrogen and oxygen atoms in total. The average Bonchev–Trinajstić information content (AvgIpc) is 2.36. The number of hydrogen-bond acceptors (Lipinski definition) is 4. The van der Waals surface area contributed by atoms with Gasteiger partial charge in [0.25, 0.3) is 0 Å². The molecule has 0 fully saturated rings. The fourth-order valence-corrected chi connectivity index (χ4v) is 2.28. The quantitative estimate of drug-likeness (QED) is 0.676. The SMILES string of the molecule is CSCCCCCCNCc1nc(C)ccc1O. The molecular formula is C14H24N2OS. The normalized spacial score (nSPS) is 10.8. The molecule has 0 atom stereocenters. The van der Waals surface area contributed by atoms with E-state index in [1.165, 1.54) is 31.4 Å². The van der Waals surface area contributed by atoms with Crippen LogP contribution < -0.4 is 5.32 Å². The highest BCUT2D eigenvalue weighted by Gasteiger charge is 2.02. The Balaban J connectivity index is 2.09. The Labute approximate surface area is 114 Å². The van der Waals surface area contributed by atoms with Crippen LogP contribution in [0.25, 0.3) is 0 Å². The van der Waals surface area contributed by atoms with Crippen molar-refractivity contribution in [2.75, 3.05) is 18.6 Å². The maximum Gasteiger partial charge on any atom is 0.138 e. The lowest BCUT2D eigenvalue weighted by atomic mass is 10.2. The molecule has 102 valence electrons. The van der Waals surface area contributed by atoms with Crippen LogP contribution in [0.4, 0.5) is 0 Å². The maximum atomic E-state index is 9.63. The first kappa shape index (κ1) is 15.3. The largest absolute Gasteiger partial charge is 0.506 e. The van der Waals surface area contributed by atoms with Gasteiger partial charge in [0.05, 0.1) is 5.69 Å². The van der Waals surface area contributed by atoms with Crippen LogP contribution in [0.1, 0.15) is 37.1 Å². The van der Waals surface area contributed by atoms with Crippen molar-refractivity contribution in [3.05, 3.63) is 23.5 Å². The lowest BCUT2D eigenvalue weighted by Crippen LogP contribution is -2.15. The van der Waals surface area contributed by atoms with E-state index in [-0.39, 0.29) is 5.75 Å². The molecule has 18 heavy (non-hydrogen) atoms. The van der Waals surface area contributed by atoms with Gasteiger partial charge in [0.2, 0.25) is 0 Å². The second kappa shape index (κ2) is 9.22. The van der Waals surface area contributed by atoms with Gasteiger partial charge in [-0.3, -0.25) is 4.98 Å². The molecule has 2 N–H and O–H groups in total. The minimum Gasteiger partial charge on any atom is -0.506 e. The fourth-order valence-electron chi connectivity index (χ4n) is 1.79. The van der Waals surface area contributed by atoms with E-state index in [0.717, 1.165) is 17.9 Å². The zero-order chi connectivity index (χ0) is 13.2. The highest BCUT2D eigenvalue weighted by molar-refractivity contribution is 7.98. The Kier molecular flexibility index (Phi) is 7.85. The molecule has 1 heterocycles. The van der Waals surface area contributed by atoms with Gasteiger partial charge in [-0.25, -0.2) is 0 Å². The van der Waals surface area contributed by atoms with Gasteiger partial charge in [-0.2, -0.15) is 11.8 Å². The summed E-state index contributed by atoms with van der Waals surface area (Å²) >= 11 is 1.92. The number of thioether (sulfide) groups is 1. The van der Waals surface area contributed by atoms with Crippen molar-refractivity contribution in [3.8, 4) is 5.75 Å². The van der Waals surface area contributed by atoms with E-state index in [4.69, 9.17) is 0 Å². The summed E-state index contributed by atoms with van der Waals surface area (Å²) in [6, 6.07) is 3.53. The molecule has 0 bridgehead atoms. The standard InChI is InChI=1S/C14H24N2OS/c1-12-7-8-14(17)13(16-12)11-15-9-5-3-4-6-10-18-2/h7-8,15,17H,3-6,9-11H2,1-2H3. The molecule has 1 aromatic heterocycles. The van der Waals surface area contributed by atoms with E-state index >= 15 is 0 Å². The zero-order valence-corrected chi connectivity index (χ0v) is 12.2. The number of aromatic hydroxyl groups is 1. The van der Waals surface area contributed by atoms with E-state index in [1.54, 1.807) is 6.07 Å². The third-order valence-corrected chi connectivity index (χ3v) is 3.53. The zero-order valence-electron chi connectivity index (χ0n) is 11.4. The fraction of sp³-hybridized carbons (Fsp3) is 0.643. The third-order valence-electron chi connectivity index (χ3n) is 2.83. The summed E-state index contributed by atoms with van der Waals surface area (Å²) in [5.41, 5.74) is 1.69. The highest BCUT2D eigenvalue weighted by Crippen LogP contribution is 2.14. The number of pyridine rings is 1. The number of aryl methyl sites for hydroxylation is 1. The number of rotatable bonds is 9. The number of nitrogens with one attached hydrogen (secondary N) is 1. The molecular weight excluding hydrogens is 244 g/mol.